The van der Waals surface area contributed by atoms with Crippen molar-refractivity contribution in [1.82, 2.24) is 19.6 Å². The van der Waals surface area contributed by atoms with Gasteiger partial charge in [-0.2, -0.15) is 5.10 Å². The summed E-state index contributed by atoms with van der Waals surface area (Å²) >= 11 is 1.70. The second-order valence-electron chi connectivity index (χ2n) is 7.71. The molecule has 3 N–H and O–H groups in total. The summed E-state index contributed by atoms with van der Waals surface area (Å²) in [5, 5.41) is 14.9. The Morgan fingerprint density at radius 3 is 2.79 bits per heavy atom. The number of carboxylic acid groups (broad SMARTS) is 1. The number of imidazole rings is 1. The fourth-order valence-electron chi connectivity index (χ4n) is 4.34. The standard InChI is InChI=1S/C21H21N5O2S/c1-11-3-2-4-14-9-15(29-18(11)14)16-17-19(22)23-10-24-26(17)20(25-16)12-5-7-13(8-6-12)21(27)28/h2-4,9-10,12-13H,5-8H2,1H3,(H,27,28)(H2,22,23,24)/t12-,13-. The summed E-state index contributed by atoms with van der Waals surface area (Å²) in [4.78, 5) is 21.5. The first-order valence-electron chi connectivity index (χ1n) is 9.74. The monoisotopic (exact) mass is 407 g/mol. The number of nitrogens with zero attached hydrogens (tertiary/aromatic N) is 4. The van der Waals surface area contributed by atoms with E-state index in [0.717, 1.165) is 34.8 Å². The van der Waals surface area contributed by atoms with E-state index in [1.807, 2.05) is 0 Å². The number of hydrogen-bond donors (Lipinski definition) is 2. The molecule has 0 spiro atoms. The van der Waals surface area contributed by atoms with Gasteiger partial charge in [0.2, 0.25) is 0 Å². The highest BCUT2D eigenvalue weighted by Crippen LogP contribution is 2.41. The number of thiophene rings is 1. The number of benzene rings is 1. The number of rotatable bonds is 3. The van der Waals surface area contributed by atoms with Crippen LogP contribution in [-0.4, -0.2) is 30.7 Å². The first-order valence-corrected chi connectivity index (χ1v) is 10.6. The summed E-state index contributed by atoms with van der Waals surface area (Å²) < 4.78 is 3.04. The molecule has 0 unspecified atom stereocenters. The summed E-state index contributed by atoms with van der Waals surface area (Å²) in [5.74, 6) is 0.452. The molecule has 0 bridgehead atoms. The Bertz CT molecular complexity index is 1240. The largest absolute Gasteiger partial charge is 0.481 e. The molecule has 0 radical (unpaired) electrons. The zero-order chi connectivity index (χ0) is 20.1. The molecule has 1 fully saturated rings. The summed E-state index contributed by atoms with van der Waals surface area (Å²) in [6, 6.07) is 8.42. The number of aliphatic carboxylic acids is 1. The van der Waals surface area contributed by atoms with Crippen LogP contribution >= 0.6 is 11.3 Å². The molecule has 1 saturated carbocycles. The van der Waals surface area contributed by atoms with Crippen molar-refractivity contribution in [2.45, 2.75) is 38.5 Å². The number of anilines is 1. The van der Waals surface area contributed by atoms with Crippen molar-refractivity contribution in [2.75, 3.05) is 5.73 Å². The molecule has 1 aromatic carbocycles. The zero-order valence-corrected chi connectivity index (χ0v) is 16.8. The van der Waals surface area contributed by atoms with Crippen LogP contribution in [0.2, 0.25) is 0 Å². The van der Waals surface area contributed by atoms with Crippen molar-refractivity contribution in [2.24, 2.45) is 5.92 Å². The summed E-state index contributed by atoms with van der Waals surface area (Å²) in [5.41, 5.74) is 9.01. The Balaban J connectivity index is 1.63. The number of carbonyl (C=O) groups is 1. The molecule has 0 atom stereocenters. The molecule has 3 aromatic heterocycles. The van der Waals surface area contributed by atoms with Gasteiger partial charge in [0.25, 0.3) is 0 Å². The highest BCUT2D eigenvalue weighted by molar-refractivity contribution is 7.22. The van der Waals surface area contributed by atoms with E-state index < -0.39 is 5.97 Å². The SMILES string of the molecule is Cc1cccc2cc(-c3nc([C@H]4CC[C@H](C(=O)O)CC4)n4ncnc(N)c34)sc12. The lowest BCUT2D eigenvalue weighted by Gasteiger charge is -2.24. The summed E-state index contributed by atoms with van der Waals surface area (Å²) in [7, 11) is 0. The minimum absolute atomic E-state index is 0.164. The van der Waals surface area contributed by atoms with E-state index in [-0.39, 0.29) is 11.8 Å². The smallest absolute Gasteiger partial charge is 0.306 e. The van der Waals surface area contributed by atoms with Gasteiger partial charge in [0.1, 0.15) is 23.4 Å². The predicted octanol–water partition coefficient (Wildman–Crippen LogP) is 4.26. The molecule has 8 heteroatoms. The second kappa shape index (κ2) is 6.81. The Morgan fingerprint density at radius 1 is 1.28 bits per heavy atom. The normalized spacial score (nSPS) is 19.8. The molecule has 1 aliphatic rings. The first kappa shape index (κ1) is 18.1. The quantitative estimate of drug-likeness (QED) is 0.526. The molecule has 4 aromatic rings. The van der Waals surface area contributed by atoms with Crippen molar-refractivity contribution in [3.05, 3.63) is 42.0 Å². The number of aromatic nitrogens is 4. The number of hydrogen-bond acceptors (Lipinski definition) is 6. The Kier molecular flexibility index (Phi) is 4.24. The van der Waals surface area contributed by atoms with Crippen LogP contribution in [0, 0.1) is 12.8 Å². The van der Waals surface area contributed by atoms with Gasteiger partial charge in [-0.3, -0.25) is 4.79 Å². The minimum Gasteiger partial charge on any atom is -0.481 e. The third kappa shape index (κ3) is 2.95. The molecule has 0 aliphatic heterocycles. The van der Waals surface area contributed by atoms with Gasteiger partial charge in [0.05, 0.1) is 10.8 Å². The van der Waals surface area contributed by atoms with Gasteiger partial charge in [-0.1, -0.05) is 18.2 Å². The van der Waals surface area contributed by atoms with E-state index >= 15 is 0 Å². The van der Waals surface area contributed by atoms with Gasteiger partial charge in [0, 0.05) is 10.6 Å². The number of fused-ring (bicyclic) bond motifs is 2. The van der Waals surface area contributed by atoms with E-state index in [9.17, 15) is 9.90 Å². The maximum atomic E-state index is 11.3. The number of nitrogen functional groups attached to an aromatic ring is 1. The topological polar surface area (TPSA) is 106 Å². The fourth-order valence-corrected chi connectivity index (χ4v) is 5.46. The average molecular weight is 407 g/mol. The van der Waals surface area contributed by atoms with Crippen molar-refractivity contribution in [3.63, 3.8) is 0 Å². The maximum absolute atomic E-state index is 11.3. The maximum Gasteiger partial charge on any atom is 0.306 e. The Morgan fingerprint density at radius 2 is 2.07 bits per heavy atom. The van der Waals surface area contributed by atoms with Crippen LogP contribution in [0.1, 0.15) is 43.0 Å². The molecule has 0 amide bonds. The van der Waals surface area contributed by atoms with Crippen LogP contribution in [0.5, 0.6) is 0 Å². The van der Waals surface area contributed by atoms with E-state index in [1.54, 1.807) is 15.9 Å². The molecule has 5 rings (SSSR count). The second-order valence-corrected chi connectivity index (χ2v) is 8.77. The molecule has 7 nitrogen and oxygen atoms in total. The highest BCUT2D eigenvalue weighted by atomic mass is 32.1. The third-order valence-corrected chi connectivity index (χ3v) is 7.19. The van der Waals surface area contributed by atoms with Crippen LogP contribution in [0.15, 0.2) is 30.6 Å². The van der Waals surface area contributed by atoms with Crippen molar-refractivity contribution < 1.29 is 9.90 Å². The highest BCUT2D eigenvalue weighted by Gasteiger charge is 2.31. The summed E-state index contributed by atoms with van der Waals surface area (Å²) in [6.45, 7) is 2.11. The van der Waals surface area contributed by atoms with Gasteiger partial charge in [0.15, 0.2) is 5.82 Å². The van der Waals surface area contributed by atoms with Crippen LogP contribution in [-0.2, 0) is 4.79 Å². The van der Waals surface area contributed by atoms with Crippen LogP contribution in [0.25, 0.3) is 26.2 Å². The van der Waals surface area contributed by atoms with E-state index in [2.05, 4.69) is 41.3 Å². The lowest BCUT2D eigenvalue weighted by molar-refractivity contribution is -0.142. The van der Waals surface area contributed by atoms with Gasteiger partial charge in [-0.25, -0.2) is 14.5 Å². The number of aryl methyl sites for hydroxylation is 1. The van der Waals surface area contributed by atoms with Crippen molar-refractivity contribution in [3.8, 4) is 10.6 Å². The molecule has 29 heavy (non-hydrogen) atoms. The lowest BCUT2D eigenvalue weighted by atomic mass is 9.82. The van der Waals surface area contributed by atoms with Crippen molar-refractivity contribution in [1.29, 1.82) is 0 Å². The number of carboxylic acids is 1. The molecule has 0 saturated heterocycles. The third-order valence-electron chi connectivity index (χ3n) is 5.90. The van der Waals surface area contributed by atoms with Crippen LogP contribution in [0.3, 0.4) is 0 Å². The number of nitrogens with two attached hydrogens (primary N) is 1. The Hall–Kier alpha value is -3.00. The van der Waals surface area contributed by atoms with Crippen LogP contribution < -0.4 is 5.73 Å². The molecular formula is C21H21N5O2S. The van der Waals surface area contributed by atoms with E-state index in [1.165, 1.54) is 22.0 Å². The molecule has 3 heterocycles. The van der Waals surface area contributed by atoms with Crippen LogP contribution in [0.4, 0.5) is 5.82 Å². The van der Waals surface area contributed by atoms with E-state index in [0.29, 0.717) is 18.7 Å². The van der Waals surface area contributed by atoms with Gasteiger partial charge >= 0.3 is 5.97 Å². The molecule has 148 valence electrons. The predicted molar refractivity (Wildman–Crippen MR) is 113 cm³/mol. The molecule has 1 aliphatic carbocycles. The van der Waals surface area contributed by atoms with Gasteiger partial charge < -0.3 is 10.8 Å². The van der Waals surface area contributed by atoms with Gasteiger partial charge in [-0.05, 0) is 49.6 Å². The minimum atomic E-state index is -0.704. The van der Waals surface area contributed by atoms with Gasteiger partial charge in [-0.15, -0.1) is 11.3 Å². The Labute approximate surface area is 171 Å². The fraction of sp³-hybridized carbons (Fsp3) is 0.333. The van der Waals surface area contributed by atoms with Crippen molar-refractivity contribution >= 4 is 38.7 Å². The lowest BCUT2D eigenvalue weighted by Crippen LogP contribution is -2.21. The zero-order valence-electron chi connectivity index (χ0n) is 16.0. The van der Waals surface area contributed by atoms with E-state index in [4.69, 9.17) is 10.7 Å². The summed E-state index contributed by atoms with van der Waals surface area (Å²) in [6.07, 6.45) is 4.34. The molecular weight excluding hydrogens is 386 g/mol. The first-order chi connectivity index (χ1) is 14.0. The average Bonchev–Trinajstić information content (AvgIpc) is 3.31.